The number of hydrogen-bond acceptors (Lipinski definition) is 4. The van der Waals surface area contributed by atoms with Gasteiger partial charge in [0.25, 0.3) is 0 Å². The average Bonchev–Trinajstić information content (AvgIpc) is 2.39. The third-order valence-electron chi connectivity index (χ3n) is 3.38. The van der Waals surface area contributed by atoms with Gasteiger partial charge in [0.1, 0.15) is 0 Å². The van der Waals surface area contributed by atoms with Gasteiger partial charge >= 0.3 is 0 Å². The predicted molar refractivity (Wildman–Crippen MR) is 73.6 cm³/mol. The summed E-state index contributed by atoms with van der Waals surface area (Å²) in [5.41, 5.74) is 1.12. The Hall–Kier alpha value is -0.680. The second kappa shape index (κ2) is 5.78. The van der Waals surface area contributed by atoms with Crippen LogP contribution in [0.2, 0.25) is 0 Å². The Labute approximate surface area is 111 Å². The zero-order chi connectivity index (χ0) is 12.3. The zero-order valence-electron chi connectivity index (χ0n) is 10.4. The summed E-state index contributed by atoms with van der Waals surface area (Å²) in [7, 11) is 2.19. The van der Waals surface area contributed by atoms with E-state index in [2.05, 4.69) is 49.7 Å². The van der Waals surface area contributed by atoms with Gasteiger partial charge in [-0.05, 0) is 19.0 Å². The lowest BCUT2D eigenvalue weighted by molar-refractivity contribution is 0.212. The fourth-order valence-corrected chi connectivity index (χ4v) is 2.44. The highest BCUT2D eigenvalue weighted by molar-refractivity contribution is 9.08. The lowest BCUT2D eigenvalue weighted by Crippen LogP contribution is -2.51. The minimum Gasteiger partial charge on any atom is -0.338 e. The van der Waals surface area contributed by atoms with Crippen molar-refractivity contribution in [2.75, 3.05) is 31.6 Å². The number of nitrogens with zero attached hydrogens (tertiary/aromatic N) is 4. The second-order valence-corrected chi connectivity index (χ2v) is 5.07. The van der Waals surface area contributed by atoms with Crippen LogP contribution in [0.4, 0.5) is 5.95 Å². The van der Waals surface area contributed by atoms with E-state index in [9.17, 15) is 0 Å². The molecule has 1 atom stereocenters. The van der Waals surface area contributed by atoms with Gasteiger partial charge in [-0.2, -0.15) is 0 Å². The largest absolute Gasteiger partial charge is 0.338 e. The summed E-state index contributed by atoms with van der Waals surface area (Å²) in [4.78, 5) is 13.6. The molecular formula is C12H19BrN4. The van der Waals surface area contributed by atoms with Crippen molar-refractivity contribution in [2.24, 2.45) is 0 Å². The molecule has 1 unspecified atom stereocenters. The first kappa shape index (κ1) is 12.8. The lowest BCUT2D eigenvalue weighted by Gasteiger charge is -2.39. The van der Waals surface area contributed by atoms with Crippen molar-refractivity contribution in [3.05, 3.63) is 18.0 Å². The van der Waals surface area contributed by atoms with Crippen LogP contribution in [0, 0.1) is 0 Å². The number of aromatic nitrogens is 2. The van der Waals surface area contributed by atoms with E-state index in [4.69, 9.17) is 0 Å². The second-order valence-electron chi connectivity index (χ2n) is 4.51. The van der Waals surface area contributed by atoms with Crippen molar-refractivity contribution >= 4 is 21.9 Å². The Kier molecular flexibility index (Phi) is 4.34. The van der Waals surface area contributed by atoms with Crippen LogP contribution >= 0.6 is 15.9 Å². The molecular weight excluding hydrogens is 280 g/mol. The first-order valence-corrected chi connectivity index (χ1v) is 7.18. The molecule has 0 saturated carbocycles. The Morgan fingerprint density at radius 2 is 2.06 bits per heavy atom. The molecule has 1 fully saturated rings. The van der Waals surface area contributed by atoms with Crippen LogP contribution in [0.15, 0.2) is 12.4 Å². The van der Waals surface area contributed by atoms with Crippen LogP contribution in [0.5, 0.6) is 0 Å². The van der Waals surface area contributed by atoms with Crippen LogP contribution in [0.25, 0.3) is 0 Å². The summed E-state index contributed by atoms with van der Waals surface area (Å²) in [6.07, 6.45) is 4.97. The fraction of sp³-hybridized carbons (Fsp3) is 0.667. The van der Waals surface area contributed by atoms with E-state index >= 15 is 0 Å². The SMILES string of the molecule is CCC1CN(c2ncc(CBr)cn2)CCN1C. The molecule has 2 rings (SSSR count). The van der Waals surface area contributed by atoms with Gasteiger partial charge in [-0.15, -0.1) is 0 Å². The van der Waals surface area contributed by atoms with Gasteiger partial charge in [-0.25, -0.2) is 9.97 Å². The van der Waals surface area contributed by atoms with Crippen molar-refractivity contribution in [3.63, 3.8) is 0 Å². The third kappa shape index (κ3) is 2.96. The molecule has 0 N–H and O–H groups in total. The molecule has 1 aliphatic heterocycles. The molecule has 1 aliphatic rings. The maximum absolute atomic E-state index is 4.43. The minimum atomic E-state index is 0.614. The van der Waals surface area contributed by atoms with E-state index < -0.39 is 0 Å². The van der Waals surface area contributed by atoms with Crippen LogP contribution in [0.3, 0.4) is 0 Å². The summed E-state index contributed by atoms with van der Waals surface area (Å²) in [6.45, 7) is 5.36. The van der Waals surface area contributed by atoms with E-state index in [1.807, 2.05) is 12.4 Å². The Morgan fingerprint density at radius 1 is 1.35 bits per heavy atom. The molecule has 4 nitrogen and oxygen atoms in total. The van der Waals surface area contributed by atoms with E-state index in [1.165, 1.54) is 6.42 Å². The Bertz CT molecular complexity index is 354. The maximum Gasteiger partial charge on any atom is 0.225 e. The van der Waals surface area contributed by atoms with Crippen LogP contribution in [0.1, 0.15) is 18.9 Å². The van der Waals surface area contributed by atoms with Gasteiger partial charge in [-0.1, -0.05) is 22.9 Å². The number of halogens is 1. The first-order chi connectivity index (χ1) is 8.24. The van der Waals surface area contributed by atoms with Crippen molar-refractivity contribution in [2.45, 2.75) is 24.7 Å². The topological polar surface area (TPSA) is 32.3 Å². The molecule has 0 radical (unpaired) electrons. The third-order valence-corrected chi connectivity index (χ3v) is 4.02. The fourth-order valence-electron chi connectivity index (χ4n) is 2.15. The number of likely N-dealkylation sites (N-methyl/N-ethyl adjacent to an activating group) is 1. The zero-order valence-corrected chi connectivity index (χ0v) is 12.0. The molecule has 0 amide bonds. The van der Waals surface area contributed by atoms with Gasteiger partial charge in [-0.3, -0.25) is 4.90 Å². The molecule has 0 bridgehead atoms. The first-order valence-electron chi connectivity index (χ1n) is 6.06. The number of hydrogen-bond donors (Lipinski definition) is 0. The molecule has 0 spiro atoms. The molecule has 0 aliphatic carbocycles. The molecule has 0 aromatic carbocycles. The molecule has 1 aromatic heterocycles. The molecule has 1 saturated heterocycles. The Morgan fingerprint density at radius 3 is 2.65 bits per heavy atom. The summed E-state index contributed by atoms with van der Waals surface area (Å²) in [6, 6.07) is 0.614. The molecule has 94 valence electrons. The highest BCUT2D eigenvalue weighted by Crippen LogP contribution is 2.16. The van der Waals surface area contributed by atoms with Crippen molar-refractivity contribution in [1.82, 2.24) is 14.9 Å². The van der Waals surface area contributed by atoms with Gasteiger partial charge in [0.15, 0.2) is 0 Å². The van der Waals surface area contributed by atoms with E-state index in [1.54, 1.807) is 0 Å². The monoisotopic (exact) mass is 298 g/mol. The van der Waals surface area contributed by atoms with E-state index in [0.717, 1.165) is 36.5 Å². The van der Waals surface area contributed by atoms with Gasteiger partial charge in [0.05, 0.1) is 0 Å². The van der Waals surface area contributed by atoms with E-state index in [0.29, 0.717) is 6.04 Å². The van der Waals surface area contributed by atoms with Gasteiger partial charge in [0, 0.05) is 43.4 Å². The average molecular weight is 299 g/mol. The summed E-state index contributed by atoms with van der Waals surface area (Å²) in [5.74, 6) is 0.862. The summed E-state index contributed by atoms with van der Waals surface area (Å²) >= 11 is 3.41. The van der Waals surface area contributed by atoms with Crippen molar-refractivity contribution in [1.29, 1.82) is 0 Å². The normalized spacial score (nSPS) is 21.8. The van der Waals surface area contributed by atoms with Crippen molar-refractivity contribution in [3.8, 4) is 0 Å². The number of rotatable bonds is 3. The predicted octanol–water partition coefficient (Wildman–Crippen LogP) is 1.90. The number of alkyl halides is 1. The highest BCUT2D eigenvalue weighted by Gasteiger charge is 2.24. The maximum atomic E-state index is 4.43. The quantitative estimate of drug-likeness (QED) is 0.798. The molecule has 5 heteroatoms. The minimum absolute atomic E-state index is 0.614. The van der Waals surface area contributed by atoms with Crippen molar-refractivity contribution < 1.29 is 0 Å². The van der Waals surface area contributed by atoms with Gasteiger partial charge < -0.3 is 4.90 Å². The summed E-state index contributed by atoms with van der Waals surface area (Å²) in [5, 5.41) is 0.813. The Balaban J connectivity index is 2.06. The number of anilines is 1. The van der Waals surface area contributed by atoms with Crippen LogP contribution in [-0.4, -0.2) is 47.6 Å². The van der Waals surface area contributed by atoms with E-state index in [-0.39, 0.29) is 0 Å². The standard InChI is InChI=1S/C12H19BrN4/c1-3-11-9-17(5-4-16(11)2)12-14-7-10(6-13)8-15-12/h7-8,11H,3-6,9H2,1-2H3. The molecule has 17 heavy (non-hydrogen) atoms. The number of piperazine rings is 1. The molecule has 2 heterocycles. The smallest absolute Gasteiger partial charge is 0.225 e. The van der Waals surface area contributed by atoms with Gasteiger partial charge in [0.2, 0.25) is 5.95 Å². The molecule has 1 aromatic rings. The lowest BCUT2D eigenvalue weighted by atomic mass is 10.1. The summed E-state index contributed by atoms with van der Waals surface area (Å²) < 4.78 is 0. The van der Waals surface area contributed by atoms with Crippen LogP contribution in [-0.2, 0) is 5.33 Å². The van der Waals surface area contributed by atoms with Crippen LogP contribution < -0.4 is 4.90 Å². The highest BCUT2D eigenvalue weighted by atomic mass is 79.9.